The molecule has 1 fully saturated rings. The quantitative estimate of drug-likeness (QED) is 0.864. The third kappa shape index (κ3) is 3.85. The molecule has 138 valence electrons. The second kappa shape index (κ2) is 7.81. The van der Waals surface area contributed by atoms with Crippen LogP contribution in [0.5, 0.6) is 0 Å². The van der Waals surface area contributed by atoms with E-state index in [9.17, 15) is 4.79 Å². The Kier molecular flexibility index (Phi) is 5.50. The summed E-state index contributed by atoms with van der Waals surface area (Å²) in [5, 5.41) is 3.11. The fraction of sp³-hybridized carbons (Fsp3) is 0.409. The maximum Gasteiger partial charge on any atom is 0.321 e. The van der Waals surface area contributed by atoms with Gasteiger partial charge in [0.2, 0.25) is 0 Å². The summed E-state index contributed by atoms with van der Waals surface area (Å²) in [7, 11) is 0. The predicted octanol–water partition coefficient (Wildman–Crippen LogP) is 4.78. The summed E-state index contributed by atoms with van der Waals surface area (Å²) in [6.45, 7) is 11.8. The lowest BCUT2D eigenvalue weighted by Crippen LogP contribution is -2.50. The number of carbonyl (C=O) groups excluding carboxylic acids is 1. The van der Waals surface area contributed by atoms with Crippen molar-refractivity contribution in [3.63, 3.8) is 0 Å². The van der Waals surface area contributed by atoms with E-state index in [1.165, 1.54) is 22.4 Å². The second-order valence-electron chi connectivity index (χ2n) is 7.39. The molecule has 0 aromatic heterocycles. The van der Waals surface area contributed by atoms with Gasteiger partial charge < -0.3 is 15.1 Å². The van der Waals surface area contributed by atoms with Crippen LogP contribution in [0.25, 0.3) is 0 Å². The Labute approximate surface area is 156 Å². The summed E-state index contributed by atoms with van der Waals surface area (Å²) in [6, 6.07) is 14.5. The van der Waals surface area contributed by atoms with Crippen LogP contribution < -0.4 is 10.2 Å². The molecule has 0 bridgehead atoms. The highest BCUT2D eigenvalue weighted by atomic mass is 16.2. The number of aryl methyl sites for hydroxylation is 2. The first-order valence-electron chi connectivity index (χ1n) is 9.43. The Bertz CT molecular complexity index is 756. The number of urea groups is 1. The summed E-state index contributed by atoms with van der Waals surface area (Å²) in [4.78, 5) is 17.0. The first-order valence-corrected chi connectivity index (χ1v) is 9.43. The van der Waals surface area contributed by atoms with E-state index in [1.54, 1.807) is 0 Å². The summed E-state index contributed by atoms with van der Waals surface area (Å²) < 4.78 is 0. The van der Waals surface area contributed by atoms with Crippen molar-refractivity contribution in [3.05, 3.63) is 59.2 Å². The van der Waals surface area contributed by atoms with Crippen LogP contribution in [0.4, 0.5) is 16.2 Å². The van der Waals surface area contributed by atoms with Crippen molar-refractivity contribution in [2.75, 3.05) is 36.4 Å². The first kappa shape index (κ1) is 18.3. The van der Waals surface area contributed by atoms with Gasteiger partial charge in [0.1, 0.15) is 0 Å². The van der Waals surface area contributed by atoms with Gasteiger partial charge in [-0.25, -0.2) is 4.79 Å². The van der Waals surface area contributed by atoms with Crippen LogP contribution in [-0.2, 0) is 0 Å². The van der Waals surface area contributed by atoms with Gasteiger partial charge >= 0.3 is 6.03 Å². The van der Waals surface area contributed by atoms with Gasteiger partial charge in [-0.1, -0.05) is 50.2 Å². The molecule has 0 aliphatic carbocycles. The maximum atomic E-state index is 12.7. The third-order valence-electron chi connectivity index (χ3n) is 5.15. The van der Waals surface area contributed by atoms with Crippen LogP contribution in [0.15, 0.2) is 42.5 Å². The zero-order valence-corrected chi connectivity index (χ0v) is 16.2. The molecule has 0 saturated carbocycles. The van der Waals surface area contributed by atoms with Gasteiger partial charge in [0.05, 0.1) is 0 Å². The molecule has 3 rings (SSSR count). The number of nitrogens with one attached hydrogen (secondary N) is 1. The molecule has 1 N–H and O–H groups in total. The van der Waals surface area contributed by atoms with Crippen LogP contribution in [0.1, 0.15) is 36.5 Å². The molecule has 1 aliphatic heterocycles. The Hall–Kier alpha value is -2.49. The Morgan fingerprint density at radius 1 is 0.923 bits per heavy atom. The number of hydrogen-bond donors (Lipinski definition) is 1. The van der Waals surface area contributed by atoms with Crippen molar-refractivity contribution < 1.29 is 4.79 Å². The van der Waals surface area contributed by atoms with E-state index in [0.717, 1.165) is 31.9 Å². The molecule has 1 aliphatic rings. The van der Waals surface area contributed by atoms with Crippen LogP contribution >= 0.6 is 0 Å². The van der Waals surface area contributed by atoms with Gasteiger partial charge in [-0.15, -0.1) is 0 Å². The number of rotatable bonds is 3. The van der Waals surface area contributed by atoms with E-state index in [0.29, 0.717) is 5.92 Å². The third-order valence-corrected chi connectivity index (χ3v) is 5.15. The largest absolute Gasteiger partial charge is 0.368 e. The average molecular weight is 351 g/mol. The number of hydrogen-bond acceptors (Lipinski definition) is 2. The smallest absolute Gasteiger partial charge is 0.321 e. The topological polar surface area (TPSA) is 35.6 Å². The molecule has 2 amide bonds. The number of para-hydroxylation sites is 2. The summed E-state index contributed by atoms with van der Waals surface area (Å²) in [6.07, 6.45) is 0. The van der Waals surface area contributed by atoms with Gasteiger partial charge in [0.15, 0.2) is 0 Å². The minimum absolute atomic E-state index is 0.000689. The molecular formula is C22H29N3O. The monoisotopic (exact) mass is 351 g/mol. The van der Waals surface area contributed by atoms with Gasteiger partial charge in [0.25, 0.3) is 0 Å². The van der Waals surface area contributed by atoms with Crippen molar-refractivity contribution in [3.8, 4) is 0 Å². The number of benzene rings is 2. The van der Waals surface area contributed by atoms with Crippen molar-refractivity contribution in [2.45, 2.75) is 33.6 Å². The number of nitrogens with zero attached hydrogens (tertiary/aromatic N) is 2. The molecule has 0 radical (unpaired) electrons. The van der Waals surface area contributed by atoms with Gasteiger partial charge in [-0.05, 0) is 42.5 Å². The zero-order chi connectivity index (χ0) is 18.7. The summed E-state index contributed by atoms with van der Waals surface area (Å²) in [5.41, 5.74) is 6.01. The van der Waals surface area contributed by atoms with Crippen molar-refractivity contribution >= 4 is 17.4 Å². The fourth-order valence-electron chi connectivity index (χ4n) is 3.75. The molecule has 2 aromatic carbocycles. The van der Waals surface area contributed by atoms with Gasteiger partial charge in [-0.2, -0.15) is 0 Å². The van der Waals surface area contributed by atoms with Crippen molar-refractivity contribution in [2.24, 2.45) is 0 Å². The highest BCUT2D eigenvalue weighted by Crippen LogP contribution is 2.26. The average Bonchev–Trinajstić information content (AvgIpc) is 2.62. The lowest BCUT2D eigenvalue weighted by Gasteiger charge is -2.37. The van der Waals surface area contributed by atoms with E-state index in [-0.39, 0.29) is 6.03 Å². The first-order chi connectivity index (χ1) is 12.5. The van der Waals surface area contributed by atoms with Crippen LogP contribution in [-0.4, -0.2) is 37.1 Å². The van der Waals surface area contributed by atoms with E-state index >= 15 is 0 Å². The predicted molar refractivity (Wildman–Crippen MR) is 109 cm³/mol. The van der Waals surface area contributed by atoms with E-state index in [4.69, 9.17) is 0 Å². The summed E-state index contributed by atoms with van der Waals surface area (Å²) >= 11 is 0. The molecule has 0 spiro atoms. The Balaban J connectivity index is 1.64. The lowest BCUT2D eigenvalue weighted by atomic mass is 10.0. The van der Waals surface area contributed by atoms with E-state index in [2.05, 4.69) is 62.2 Å². The second-order valence-corrected chi connectivity index (χ2v) is 7.39. The minimum atomic E-state index is -0.000689. The highest BCUT2D eigenvalue weighted by molar-refractivity contribution is 5.90. The van der Waals surface area contributed by atoms with Crippen molar-refractivity contribution in [1.29, 1.82) is 0 Å². The van der Waals surface area contributed by atoms with Gasteiger partial charge in [0, 0.05) is 37.6 Å². The number of anilines is 2. The minimum Gasteiger partial charge on any atom is -0.368 e. The number of carbonyl (C=O) groups is 1. The Morgan fingerprint density at radius 3 is 2.15 bits per heavy atom. The molecule has 26 heavy (non-hydrogen) atoms. The maximum absolute atomic E-state index is 12.7. The van der Waals surface area contributed by atoms with E-state index in [1.807, 2.05) is 23.1 Å². The molecule has 4 heteroatoms. The molecule has 4 nitrogen and oxygen atoms in total. The molecule has 2 aromatic rings. The van der Waals surface area contributed by atoms with Crippen LogP contribution in [0, 0.1) is 13.8 Å². The Morgan fingerprint density at radius 2 is 1.54 bits per heavy atom. The van der Waals surface area contributed by atoms with Crippen LogP contribution in [0.2, 0.25) is 0 Å². The van der Waals surface area contributed by atoms with E-state index < -0.39 is 0 Å². The number of piperazine rings is 1. The fourth-order valence-corrected chi connectivity index (χ4v) is 3.75. The SMILES string of the molecule is Cc1cccc(C)c1N1CCN(C(=O)Nc2ccccc2C(C)C)CC1. The molecule has 0 unspecified atom stereocenters. The number of amides is 2. The lowest BCUT2D eigenvalue weighted by molar-refractivity contribution is 0.208. The molecule has 1 heterocycles. The zero-order valence-electron chi connectivity index (χ0n) is 16.2. The van der Waals surface area contributed by atoms with Crippen molar-refractivity contribution in [1.82, 2.24) is 4.90 Å². The van der Waals surface area contributed by atoms with Gasteiger partial charge in [-0.3, -0.25) is 0 Å². The normalized spacial score (nSPS) is 14.7. The molecule has 1 saturated heterocycles. The van der Waals surface area contributed by atoms with Crippen LogP contribution in [0.3, 0.4) is 0 Å². The molecule has 0 atom stereocenters. The summed E-state index contributed by atoms with van der Waals surface area (Å²) in [5.74, 6) is 0.382. The molecular weight excluding hydrogens is 322 g/mol. The standard InChI is InChI=1S/C22H29N3O/c1-16(2)19-10-5-6-11-20(19)23-22(26)25-14-12-24(13-15-25)21-17(3)8-7-9-18(21)4/h5-11,16H,12-15H2,1-4H3,(H,23,26). The highest BCUT2D eigenvalue weighted by Gasteiger charge is 2.23.